The number of hydrogen-bond donors (Lipinski definition) is 2. The van der Waals surface area contributed by atoms with Crippen molar-refractivity contribution in [3.8, 4) is 11.4 Å². The number of hydrogen-bond acceptors (Lipinski definition) is 3. The normalized spacial score (nSPS) is 10.9. The molecule has 0 spiro atoms. The third kappa shape index (κ3) is 1.72. The third-order valence-corrected chi connectivity index (χ3v) is 2.96. The molecule has 2 aromatic carbocycles. The van der Waals surface area contributed by atoms with Crippen molar-refractivity contribution in [2.24, 2.45) is 5.73 Å². The molecular weight excluding hydrogens is 226 g/mol. The monoisotopic (exact) mass is 239 g/mol. The Hall–Kier alpha value is -2.33. The Bertz CT molecular complexity index is 686. The molecule has 0 aliphatic heterocycles. The molecule has 0 unspecified atom stereocenters. The highest BCUT2D eigenvalue weighted by Gasteiger charge is 2.05. The molecule has 1 heterocycles. The molecule has 4 nitrogen and oxygen atoms in total. The number of aromatic nitrogens is 2. The molecule has 1 aromatic heterocycles. The second-order valence-electron chi connectivity index (χ2n) is 4.17. The van der Waals surface area contributed by atoms with E-state index in [9.17, 15) is 5.11 Å². The van der Waals surface area contributed by atoms with Gasteiger partial charge in [-0.3, -0.25) is 0 Å². The Kier molecular flexibility index (Phi) is 2.50. The summed E-state index contributed by atoms with van der Waals surface area (Å²) in [5, 5.41) is 14.7. The smallest absolute Gasteiger partial charge is 0.115 e. The van der Waals surface area contributed by atoms with Gasteiger partial charge in [0.1, 0.15) is 5.75 Å². The van der Waals surface area contributed by atoms with Gasteiger partial charge in [-0.25, -0.2) is 4.68 Å². The van der Waals surface area contributed by atoms with Gasteiger partial charge >= 0.3 is 0 Å². The predicted octanol–water partition coefficient (Wildman–Crippen LogP) is 2.19. The SMILES string of the molecule is NCc1ccc2c(cnn2-c2ccc(O)cc2)c1. The van der Waals surface area contributed by atoms with Gasteiger partial charge in [0, 0.05) is 11.9 Å². The quantitative estimate of drug-likeness (QED) is 0.720. The number of phenols is 1. The van der Waals surface area contributed by atoms with Gasteiger partial charge in [-0.05, 0) is 42.0 Å². The van der Waals surface area contributed by atoms with Crippen LogP contribution in [-0.2, 0) is 6.54 Å². The molecule has 3 aromatic rings. The lowest BCUT2D eigenvalue weighted by molar-refractivity contribution is 0.475. The highest BCUT2D eigenvalue weighted by Crippen LogP contribution is 2.20. The molecule has 0 saturated carbocycles. The van der Waals surface area contributed by atoms with Crippen molar-refractivity contribution in [3.63, 3.8) is 0 Å². The molecule has 0 fully saturated rings. The van der Waals surface area contributed by atoms with Crippen molar-refractivity contribution in [3.05, 3.63) is 54.2 Å². The van der Waals surface area contributed by atoms with Gasteiger partial charge in [-0.15, -0.1) is 0 Å². The molecule has 0 amide bonds. The zero-order valence-electron chi connectivity index (χ0n) is 9.74. The van der Waals surface area contributed by atoms with E-state index in [4.69, 9.17) is 5.73 Å². The first-order valence-electron chi connectivity index (χ1n) is 5.74. The summed E-state index contributed by atoms with van der Waals surface area (Å²) in [4.78, 5) is 0. The Morgan fingerprint density at radius 1 is 1.11 bits per heavy atom. The van der Waals surface area contributed by atoms with Crippen LogP contribution >= 0.6 is 0 Å². The summed E-state index contributed by atoms with van der Waals surface area (Å²) in [5.74, 6) is 0.251. The summed E-state index contributed by atoms with van der Waals surface area (Å²) in [6, 6.07) is 13.0. The second-order valence-corrected chi connectivity index (χ2v) is 4.17. The Labute approximate surface area is 104 Å². The summed E-state index contributed by atoms with van der Waals surface area (Å²) in [6.07, 6.45) is 1.82. The van der Waals surface area contributed by atoms with Crippen molar-refractivity contribution in [1.29, 1.82) is 0 Å². The third-order valence-electron chi connectivity index (χ3n) is 2.96. The van der Waals surface area contributed by atoms with E-state index in [2.05, 4.69) is 5.10 Å². The number of nitrogens with zero attached hydrogens (tertiary/aromatic N) is 2. The number of nitrogens with two attached hydrogens (primary N) is 1. The van der Waals surface area contributed by atoms with Crippen molar-refractivity contribution in [2.45, 2.75) is 6.54 Å². The minimum absolute atomic E-state index is 0.251. The maximum Gasteiger partial charge on any atom is 0.115 e. The van der Waals surface area contributed by atoms with Crippen LogP contribution < -0.4 is 5.73 Å². The van der Waals surface area contributed by atoms with Gasteiger partial charge < -0.3 is 10.8 Å². The van der Waals surface area contributed by atoms with E-state index >= 15 is 0 Å². The first kappa shape index (κ1) is 10.8. The van der Waals surface area contributed by atoms with Crippen molar-refractivity contribution in [1.82, 2.24) is 9.78 Å². The summed E-state index contributed by atoms with van der Waals surface area (Å²) in [5.41, 5.74) is 8.66. The fraction of sp³-hybridized carbons (Fsp3) is 0.0714. The second kappa shape index (κ2) is 4.16. The van der Waals surface area contributed by atoms with E-state index in [0.29, 0.717) is 6.54 Å². The fourth-order valence-electron chi connectivity index (χ4n) is 2.01. The highest BCUT2D eigenvalue weighted by atomic mass is 16.3. The number of aromatic hydroxyl groups is 1. The highest BCUT2D eigenvalue weighted by molar-refractivity contribution is 5.81. The lowest BCUT2D eigenvalue weighted by Gasteiger charge is -2.04. The molecule has 0 aliphatic rings. The van der Waals surface area contributed by atoms with Crippen LogP contribution in [0.1, 0.15) is 5.56 Å². The largest absolute Gasteiger partial charge is 0.508 e. The number of rotatable bonds is 2. The topological polar surface area (TPSA) is 64.1 Å². The summed E-state index contributed by atoms with van der Waals surface area (Å²) < 4.78 is 1.84. The first-order chi connectivity index (χ1) is 8.78. The van der Waals surface area contributed by atoms with Gasteiger partial charge in [-0.1, -0.05) is 6.07 Å². The zero-order chi connectivity index (χ0) is 12.5. The van der Waals surface area contributed by atoms with Gasteiger partial charge in [0.15, 0.2) is 0 Å². The van der Waals surface area contributed by atoms with Gasteiger partial charge in [0.05, 0.1) is 17.4 Å². The van der Waals surface area contributed by atoms with E-state index in [1.54, 1.807) is 12.1 Å². The van der Waals surface area contributed by atoms with Crippen LogP contribution in [0.2, 0.25) is 0 Å². The molecule has 0 bridgehead atoms. The maximum atomic E-state index is 9.29. The minimum Gasteiger partial charge on any atom is -0.508 e. The Balaban J connectivity index is 2.15. The van der Waals surface area contributed by atoms with E-state index in [1.165, 1.54) is 0 Å². The molecule has 4 heteroatoms. The number of benzene rings is 2. The van der Waals surface area contributed by atoms with Crippen LogP contribution in [0, 0.1) is 0 Å². The van der Waals surface area contributed by atoms with Crippen molar-refractivity contribution in [2.75, 3.05) is 0 Å². The Morgan fingerprint density at radius 2 is 1.89 bits per heavy atom. The van der Waals surface area contributed by atoms with E-state index in [1.807, 2.05) is 41.2 Å². The lowest BCUT2D eigenvalue weighted by Crippen LogP contribution is -1.97. The van der Waals surface area contributed by atoms with E-state index in [-0.39, 0.29) is 5.75 Å². The summed E-state index contributed by atoms with van der Waals surface area (Å²) in [6.45, 7) is 0.528. The predicted molar refractivity (Wildman–Crippen MR) is 70.6 cm³/mol. The van der Waals surface area contributed by atoms with Crippen molar-refractivity contribution < 1.29 is 5.11 Å². The molecule has 18 heavy (non-hydrogen) atoms. The van der Waals surface area contributed by atoms with Gasteiger partial charge in [0.25, 0.3) is 0 Å². The molecule has 3 rings (SSSR count). The number of phenolic OH excluding ortho intramolecular Hbond substituents is 1. The van der Waals surface area contributed by atoms with Crippen LogP contribution in [0.5, 0.6) is 5.75 Å². The van der Waals surface area contributed by atoms with Crippen LogP contribution in [0.25, 0.3) is 16.6 Å². The first-order valence-corrected chi connectivity index (χ1v) is 5.74. The average molecular weight is 239 g/mol. The summed E-state index contributed by atoms with van der Waals surface area (Å²) >= 11 is 0. The van der Waals surface area contributed by atoms with E-state index < -0.39 is 0 Å². The average Bonchev–Trinajstić information content (AvgIpc) is 2.82. The fourth-order valence-corrected chi connectivity index (χ4v) is 2.01. The van der Waals surface area contributed by atoms with Crippen LogP contribution in [0.4, 0.5) is 0 Å². The number of fused-ring (bicyclic) bond motifs is 1. The molecule has 0 aliphatic carbocycles. The zero-order valence-corrected chi connectivity index (χ0v) is 9.74. The molecule has 90 valence electrons. The molecule has 0 radical (unpaired) electrons. The van der Waals surface area contributed by atoms with E-state index in [0.717, 1.165) is 22.2 Å². The van der Waals surface area contributed by atoms with Crippen LogP contribution in [-0.4, -0.2) is 14.9 Å². The molecule has 0 atom stereocenters. The lowest BCUT2D eigenvalue weighted by atomic mass is 10.1. The van der Waals surface area contributed by atoms with Crippen LogP contribution in [0.15, 0.2) is 48.7 Å². The molecular formula is C14H13N3O. The minimum atomic E-state index is 0.251. The standard InChI is InChI=1S/C14H13N3O/c15-8-10-1-6-14-11(7-10)9-16-17(14)12-2-4-13(18)5-3-12/h1-7,9,18H,8,15H2. The van der Waals surface area contributed by atoms with Gasteiger partial charge in [-0.2, -0.15) is 5.10 Å². The summed E-state index contributed by atoms with van der Waals surface area (Å²) in [7, 11) is 0. The molecule has 0 saturated heterocycles. The maximum absolute atomic E-state index is 9.29. The van der Waals surface area contributed by atoms with Crippen LogP contribution in [0.3, 0.4) is 0 Å². The molecule has 3 N–H and O–H groups in total. The van der Waals surface area contributed by atoms with Crippen molar-refractivity contribution >= 4 is 10.9 Å². The Morgan fingerprint density at radius 3 is 2.61 bits per heavy atom. The van der Waals surface area contributed by atoms with Gasteiger partial charge in [0.2, 0.25) is 0 Å².